The van der Waals surface area contributed by atoms with Gasteiger partial charge in [0.25, 0.3) is 5.91 Å². The molecule has 2 rings (SSSR count). The Kier molecular flexibility index (Phi) is 5.70. The number of rotatable bonds is 6. The normalized spacial score (nSPS) is 12.0. The lowest BCUT2D eigenvalue weighted by atomic mass is 10.1. The second-order valence-corrected chi connectivity index (χ2v) is 5.02. The van der Waals surface area contributed by atoms with Gasteiger partial charge in [-0.3, -0.25) is 9.78 Å². The molecule has 7 heteroatoms. The Morgan fingerprint density at radius 2 is 2.17 bits per heavy atom. The van der Waals surface area contributed by atoms with Gasteiger partial charge in [0, 0.05) is 25.0 Å². The molecule has 0 bridgehead atoms. The number of carbonyl (C=O) groups excluding carboxylic acids is 1. The summed E-state index contributed by atoms with van der Waals surface area (Å²) in [5.41, 5.74) is 0.262. The van der Waals surface area contributed by atoms with Crippen molar-refractivity contribution in [3.63, 3.8) is 0 Å². The summed E-state index contributed by atoms with van der Waals surface area (Å²) in [5, 5.41) is 9.50. The van der Waals surface area contributed by atoms with E-state index in [4.69, 9.17) is 0 Å². The highest BCUT2D eigenvalue weighted by molar-refractivity contribution is 5.92. The van der Waals surface area contributed by atoms with Gasteiger partial charge in [-0.1, -0.05) is 13.0 Å². The van der Waals surface area contributed by atoms with Crippen molar-refractivity contribution < 1.29 is 18.7 Å². The molecule has 0 aliphatic carbocycles. The molecule has 0 spiro atoms. The minimum absolute atomic E-state index is 0.143. The fourth-order valence-corrected chi connectivity index (χ4v) is 2.21. The lowest BCUT2D eigenvalue weighted by Crippen LogP contribution is -2.42. The largest absolute Gasteiger partial charge is 0.394 e. The quantitative estimate of drug-likeness (QED) is 0.885. The molecular formula is C16H17F2N3O2. The lowest BCUT2D eigenvalue weighted by Gasteiger charge is -2.29. The first kappa shape index (κ1) is 17.0. The Morgan fingerprint density at radius 3 is 2.74 bits per heavy atom. The molecule has 2 aromatic heterocycles. The Hall–Kier alpha value is -2.41. The molecule has 5 nitrogen and oxygen atoms in total. The van der Waals surface area contributed by atoms with E-state index in [0.29, 0.717) is 12.5 Å². The summed E-state index contributed by atoms with van der Waals surface area (Å²) in [4.78, 5) is 21.5. The maximum atomic E-state index is 13.8. The topological polar surface area (TPSA) is 66.3 Å². The summed E-state index contributed by atoms with van der Waals surface area (Å²) in [6.07, 6.45) is 4.45. The average molecular weight is 321 g/mol. The summed E-state index contributed by atoms with van der Waals surface area (Å²) in [5.74, 6) is -2.58. The predicted octanol–water partition coefficient (Wildman–Crippen LogP) is 2.17. The Balaban J connectivity index is 2.34. The Bertz CT molecular complexity index is 664. The van der Waals surface area contributed by atoms with Crippen molar-refractivity contribution in [2.24, 2.45) is 0 Å². The first-order valence-electron chi connectivity index (χ1n) is 7.18. The number of hydrogen-bond donors (Lipinski definition) is 1. The predicted molar refractivity (Wildman–Crippen MR) is 79.4 cm³/mol. The van der Waals surface area contributed by atoms with Crippen LogP contribution in [0.3, 0.4) is 0 Å². The molecule has 0 saturated carbocycles. The molecule has 0 aromatic carbocycles. The van der Waals surface area contributed by atoms with Crippen LogP contribution < -0.4 is 0 Å². The highest BCUT2D eigenvalue weighted by atomic mass is 19.1. The molecule has 0 aliphatic heterocycles. The Labute approximate surface area is 132 Å². The van der Waals surface area contributed by atoms with Crippen LogP contribution >= 0.6 is 0 Å². The van der Waals surface area contributed by atoms with Gasteiger partial charge in [-0.25, -0.2) is 13.8 Å². The molecule has 1 amide bonds. The molecule has 1 atom stereocenters. The molecule has 0 aliphatic rings. The van der Waals surface area contributed by atoms with Crippen molar-refractivity contribution >= 4 is 5.91 Å². The maximum absolute atomic E-state index is 13.8. The number of nitrogens with zero attached hydrogens (tertiary/aromatic N) is 3. The van der Waals surface area contributed by atoms with Crippen LogP contribution in [0.4, 0.5) is 8.78 Å². The van der Waals surface area contributed by atoms with E-state index >= 15 is 0 Å². The molecule has 0 saturated heterocycles. The van der Waals surface area contributed by atoms with Crippen LogP contribution in [0.25, 0.3) is 0 Å². The third-order valence-electron chi connectivity index (χ3n) is 3.47. The second kappa shape index (κ2) is 7.73. The van der Waals surface area contributed by atoms with Gasteiger partial charge in [0.1, 0.15) is 5.82 Å². The van der Waals surface area contributed by atoms with Crippen LogP contribution in [0.5, 0.6) is 0 Å². The maximum Gasteiger partial charge on any atom is 0.276 e. The van der Waals surface area contributed by atoms with Crippen molar-refractivity contribution in [1.29, 1.82) is 0 Å². The van der Waals surface area contributed by atoms with Crippen LogP contribution in [0.2, 0.25) is 0 Å². The summed E-state index contributed by atoms with van der Waals surface area (Å²) in [6.45, 7) is 1.68. The van der Waals surface area contributed by atoms with E-state index in [1.54, 1.807) is 31.5 Å². The van der Waals surface area contributed by atoms with Gasteiger partial charge < -0.3 is 10.0 Å². The minimum Gasteiger partial charge on any atom is -0.394 e. The van der Waals surface area contributed by atoms with Crippen molar-refractivity contribution in [3.05, 3.63) is 59.7 Å². The molecule has 23 heavy (non-hydrogen) atoms. The number of halogens is 2. The van der Waals surface area contributed by atoms with E-state index in [0.717, 1.165) is 11.8 Å². The number of aliphatic hydroxyl groups excluding tert-OH is 1. The van der Waals surface area contributed by atoms with Crippen molar-refractivity contribution in [2.75, 3.05) is 6.61 Å². The third-order valence-corrected chi connectivity index (χ3v) is 3.47. The van der Waals surface area contributed by atoms with E-state index in [2.05, 4.69) is 9.97 Å². The van der Waals surface area contributed by atoms with E-state index in [9.17, 15) is 18.7 Å². The fraction of sp³-hybridized carbons (Fsp3) is 0.312. The van der Waals surface area contributed by atoms with Crippen LogP contribution in [-0.2, 0) is 6.54 Å². The third kappa shape index (κ3) is 4.07. The molecule has 0 radical (unpaired) electrons. The van der Waals surface area contributed by atoms with E-state index in [-0.39, 0.29) is 13.2 Å². The molecule has 0 unspecified atom stereocenters. The van der Waals surface area contributed by atoms with Gasteiger partial charge in [-0.15, -0.1) is 0 Å². The fourth-order valence-electron chi connectivity index (χ4n) is 2.21. The molecule has 0 fully saturated rings. The number of aromatic nitrogens is 2. The highest BCUT2D eigenvalue weighted by Crippen LogP contribution is 2.16. The first-order valence-corrected chi connectivity index (χ1v) is 7.18. The van der Waals surface area contributed by atoms with Crippen LogP contribution in [0.15, 0.2) is 36.8 Å². The van der Waals surface area contributed by atoms with Crippen molar-refractivity contribution in [1.82, 2.24) is 14.9 Å². The van der Waals surface area contributed by atoms with Crippen LogP contribution in [0, 0.1) is 11.6 Å². The molecule has 1 N–H and O–H groups in total. The first-order chi connectivity index (χ1) is 11.1. The number of hydrogen-bond acceptors (Lipinski definition) is 4. The summed E-state index contributed by atoms with van der Waals surface area (Å²) in [7, 11) is 0. The number of carbonyl (C=O) groups is 1. The summed E-state index contributed by atoms with van der Waals surface area (Å²) < 4.78 is 26.8. The van der Waals surface area contributed by atoms with E-state index in [1.165, 1.54) is 4.90 Å². The Morgan fingerprint density at radius 1 is 1.39 bits per heavy atom. The monoisotopic (exact) mass is 321 g/mol. The molecule has 122 valence electrons. The number of amides is 1. The van der Waals surface area contributed by atoms with Gasteiger partial charge in [-0.2, -0.15) is 0 Å². The molecule has 2 heterocycles. The zero-order valence-corrected chi connectivity index (χ0v) is 12.6. The standard InChI is InChI=1S/C16H17F2N3O2/c1-2-13(10-22)21(9-11-4-3-5-19-7-11)16(23)15-14(18)6-12(17)8-20-15/h3-8,13,22H,2,9-10H2,1H3/t13-/m1/s1. The van der Waals surface area contributed by atoms with Crippen LogP contribution in [-0.4, -0.2) is 38.5 Å². The minimum atomic E-state index is -1.03. The van der Waals surface area contributed by atoms with Gasteiger partial charge in [0.15, 0.2) is 11.5 Å². The lowest BCUT2D eigenvalue weighted by molar-refractivity contribution is 0.0552. The average Bonchev–Trinajstić information content (AvgIpc) is 2.55. The van der Waals surface area contributed by atoms with Crippen molar-refractivity contribution in [3.8, 4) is 0 Å². The van der Waals surface area contributed by atoms with Crippen LogP contribution in [0.1, 0.15) is 29.4 Å². The van der Waals surface area contributed by atoms with Crippen molar-refractivity contribution in [2.45, 2.75) is 25.9 Å². The van der Waals surface area contributed by atoms with Gasteiger partial charge in [0.2, 0.25) is 0 Å². The summed E-state index contributed by atoms with van der Waals surface area (Å²) in [6, 6.07) is 3.59. The van der Waals surface area contributed by atoms with E-state index in [1.807, 2.05) is 0 Å². The van der Waals surface area contributed by atoms with E-state index < -0.39 is 29.3 Å². The zero-order chi connectivity index (χ0) is 16.8. The van der Waals surface area contributed by atoms with Gasteiger partial charge in [-0.05, 0) is 18.1 Å². The zero-order valence-electron chi connectivity index (χ0n) is 12.6. The van der Waals surface area contributed by atoms with Gasteiger partial charge >= 0.3 is 0 Å². The number of pyridine rings is 2. The highest BCUT2D eigenvalue weighted by Gasteiger charge is 2.27. The number of aliphatic hydroxyl groups is 1. The SMILES string of the molecule is CC[C@H](CO)N(Cc1cccnc1)C(=O)c1ncc(F)cc1F. The molecular weight excluding hydrogens is 304 g/mol. The second-order valence-electron chi connectivity index (χ2n) is 5.02. The summed E-state index contributed by atoms with van der Waals surface area (Å²) >= 11 is 0. The smallest absolute Gasteiger partial charge is 0.276 e. The molecule has 2 aromatic rings. The van der Waals surface area contributed by atoms with Gasteiger partial charge in [0.05, 0.1) is 18.8 Å².